The molecule has 1 aliphatic rings. The van der Waals surface area contributed by atoms with Gasteiger partial charge in [-0.1, -0.05) is 19.4 Å². The molecule has 2 rings (SSSR count). The minimum Gasteiger partial charge on any atom is -0.489 e. The van der Waals surface area contributed by atoms with Gasteiger partial charge in [-0.25, -0.2) is 4.79 Å². The SMILES string of the molecule is CC1CCCC(Oc2cccc([N+](=O)[O-])c2C(=O)O)C1. The van der Waals surface area contributed by atoms with E-state index < -0.39 is 16.6 Å². The predicted molar refractivity (Wildman–Crippen MR) is 72.1 cm³/mol. The molecule has 0 spiro atoms. The van der Waals surface area contributed by atoms with Gasteiger partial charge in [-0.2, -0.15) is 0 Å². The fourth-order valence-corrected chi connectivity index (χ4v) is 2.65. The largest absolute Gasteiger partial charge is 0.489 e. The van der Waals surface area contributed by atoms with Crippen molar-refractivity contribution in [1.82, 2.24) is 0 Å². The average Bonchev–Trinajstić information content (AvgIpc) is 2.38. The molecule has 0 heterocycles. The fraction of sp³-hybridized carbons (Fsp3) is 0.500. The summed E-state index contributed by atoms with van der Waals surface area (Å²) in [5, 5.41) is 20.1. The van der Waals surface area contributed by atoms with Crippen LogP contribution < -0.4 is 4.74 Å². The molecule has 20 heavy (non-hydrogen) atoms. The minimum atomic E-state index is -1.34. The van der Waals surface area contributed by atoms with Crippen LogP contribution in [0.15, 0.2) is 18.2 Å². The number of carboxylic acid groups (broad SMARTS) is 1. The number of hydrogen-bond acceptors (Lipinski definition) is 4. The fourth-order valence-electron chi connectivity index (χ4n) is 2.65. The van der Waals surface area contributed by atoms with Crippen molar-refractivity contribution < 1.29 is 19.6 Å². The van der Waals surface area contributed by atoms with Crippen LogP contribution in [0.4, 0.5) is 5.69 Å². The number of carboxylic acids is 1. The molecule has 1 N–H and O–H groups in total. The van der Waals surface area contributed by atoms with Crippen LogP contribution in [0.25, 0.3) is 0 Å². The zero-order valence-electron chi connectivity index (χ0n) is 11.2. The molecule has 0 bridgehead atoms. The van der Waals surface area contributed by atoms with E-state index in [0.29, 0.717) is 5.92 Å². The molecule has 0 amide bonds. The number of ether oxygens (including phenoxy) is 1. The highest BCUT2D eigenvalue weighted by atomic mass is 16.6. The summed E-state index contributed by atoms with van der Waals surface area (Å²) >= 11 is 0. The molecule has 0 radical (unpaired) electrons. The van der Waals surface area contributed by atoms with E-state index in [1.54, 1.807) is 0 Å². The molecule has 2 unspecified atom stereocenters. The van der Waals surface area contributed by atoms with Crippen LogP contribution in [-0.2, 0) is 0 Å². The first kappa shape index (κ1) is 14.3. The maximum absolute atomic E-state index is 11.3. The average molecular weight is 279 g/mol. The Balaban J connectivity index is 2.29. The normalized spacial score (nSPS) is 22.2. The van der Waals surface area contributed by atoms with E-state index in [4.69, 9.17) is 4.74 Å². The minimum absolute atomic E-state index is 0.0705. The molecule has 1 saturated carbocycles. The third-order valence-corrected chi connectivity index (χ3v) is 3.60. The van der Waals surface area contributed by atoms with E-state index in [1.165, 1.54) is 18.2 Å². The van der Waals surface area contributed by atoms with Crippen molar-refractivity contribution in [2.45, 2.75) is 38.7 Å². The Morgan fingerprint density at radius 2 is 2.20 bits per heavy atom. The first-order valence-corrected chi connectivity index (χ1v) is 6.66. The monoisotopic (exact) mass is 279 g/mol. The number of carbonyl (C=O) groups is 1. The molecule has 1 aliphatic carbocycles. The van der Waals surface area contributed by atoms with Crippen LogP contribution >= 0.6 is 0 Å². The highest BCUT2D eigenvalue weighted by molar-refractivity contribution is 5.95. The summed E-state index contributed by atoms with van der Waals surface area (Å²) in [6, 6.07) is 4.11. The molecule has 1 fully saturated rings. The third-order valence-electron chi connectivity index (χ3n) is 3.60. The lowest BCUT2D eigenvalue weighted by atomic mass is 9.88. The maximum Gasteiger partial charge on any atom is 0.346 e. The third kappa shape index (κ3) is 3.07. The second-order valence-corrected chi connectivity index (χ2v) is 5.22. The van der Waals surface area contributed by atoms with E-state index >= 15 is 0 Å². The van der Waals surface area contributed by atoms with E-state index in [1.807, 2.05) is 0 Å². The highest BCUT2D eigenvalue weighted by Crippen LogP contribution is 2.32. The van der Waals surface area contributed by atoms with Crippen LogP contribution in [-0.4, -0.2) is 22.1 Å². The number of rotatable bonds is 4. The van der Waals surface area contributed by atoms with Gasteiger partial charge < -0.3 is 9.84 Å². The number of benzene rings is 1. The summed E-state index contributed by atoms with van der Waals surface area (Å²) in [4.78, 5) is 21.5. The van der Waals surface area contributed by atoms with E-state index in [0.717, 1.165) is 25.7 Å². The van der Waals surface area contributed by atoms with Crippen molar-refractivity contribution in [2.24, 2.45) is 5.92 Å². The number of nitro groups is 1. The smallest absolute Gasteiger partial charge is 0.346 e. The Bertz CT molecular complexity index is 528. The zero-order valence-corrected chi connectivity index (χ0v) is 11.2. The first-order valence-electron chi connectivity index (χ1n) is 6.66. The molecule has 1 aromatic carbocycles. The first-order chi connectivity index (χ1) is 9.49. The van der Waals surface area contributed by atoms with Gasteiger partial charge in [0.1, 0.15) is 5.75 Å². The van der Waals surface area contributed by atoms with Gasteiger partial charge in [0.15, 0.2) is 5.56 Å². The molecular weight excluding hydrogens is 262 g/mol. The van der Waals surface area contributed by atoms with Gasteiger partial charge >= 0.3 is 5.97 Å². The van der Waals surface area contributed by atoms with Crippen LogP contribution in [0.2, 0.25) is 0 Å². The Kier molecular flexibility index (Phi) is 4.22. The number of hydrogen-bond donors (Lipinski definition) is 1. The van der Waals surface area contributed by atoms with Gasteiger partial charge in [0.2, 0.25) is 0 Å². The lowest BCUT2D eigenvalue weighted by Gasteiger charge is -2.27. The van der Waals surface area contributed by atoms with Gasteiger partial charge in [-0.05, 0) is 31.2 Å². The Morgan fingerprint density at radius 3 is 2.80 bits per heavy atom. The van der Waals surface area contributed by atoms with Crippen molar-refractivity contribution in [3.8, 4) is 5.75 Å². The van der Waals surface area contributed by atoms with Crippen molar-refractivity contribution in [1.29, 1.82) is 0 Å². The van der Waals surface area contributed by atoms with E-state index in [2.05, 4.69) is 6.92 Å². The Hall–Kier alpha value is -2.11. The standard InChI is InChI=1S/C14H17NO5/c1-9-4-2-5-10(8-9)20-12-7-3-6-11(15(18)19)13(12)14(16)17/h3,6-7,9-10H,2,4-5,8H2,1H3,(H,16,17). The number of nitro benzene ring substituents is 1. The summed E-state index contributed by atoms with van der Waals surface area (Å²) in [6.07, 6.45) is 3.80. The molecule has 6 heteroatoms. The summed E-state index contributed by atoms with van der Waals surface area (Å²) in [5.74, 6) is -0.720. The maximum atomic E-state index is 11.3. The lowest BCUT2D eigenvalue weighted by molar-refractivity contribution is -0.385. The van der Waals surface area contributed by atoms with Crippen molar-refractivity contribution in [3.63, 3.8) is 0 Å². The molecule has 1 aromatic rings. The van der Waals surface area contributed by atoms with Crippen molar-refractivity contribution in [2.75, 3.05) is 0 Å². The molecule has 0 saturated heterocycles. The van der Waals surface area contributed by atoms with Crippen molar-refractivity contribution >= 4 is 11.7 Å². The second kappa shape index (κ2) is 5.90. The molecule has 108 valence electrons. The molecular formula is C14H17NO5. The summed E-state index contributed by atoms with van der Waals surface area (Å²) in [5.41, 5.74) is -0.797. The summed E-state index contributed by atoms with van der Waals surface area (Å²) in [7, 11) is 0. The van der Waals surface area contributed by atoms with Gasteiger partial charge in [-0.3, -0.25) is 10.1 Å². The van der Waals surface area contributed by atoms with E-state index in [9.17, 15) is 20.0 Å². The van der Waals surface area contributed by atoms with Crippen LogP contribution in [0.3, 0.4) is 0 Å². The van der Waals surface area contributed by atoms with Crippen molar-refractivity contribution in [3.05, 3.63) is 33.9 Å². The second-order valence-electron chi connectivity index (χ2n) is 5.22. The molecule has 2 atom stereocenters. The van der Waals surface area contributed by atoms with Crippen LogP contribution in [0.1, 0.15) is 43.0 Å². The number of nitrogens with zero attached hydrogens (tertiary/aromatic N) is 1. The highest BCUT2D eigenvalue weighted by Gasteiger charge is 2.27. The van der Waals surface area contributed by atoms with Crippen LogP contribution in [0, 0.1) is 16.0 Å². The van der Waals surface area contributed by atoms with Gasteiger partial charge in [-0.15, -0.1) is 0 Å². The molecule has 0 aromatic heterocycles. The topological polar surface area (TPSA) is 89.7 Å². The Labute approximate surface area is 116 Å². The van der Waals surface area contributed by atoms with Crippen LogP contribution in [0.5, 0.6) is 5.75 Å². The summed E-state index contributed by atoms with van der Waals surface area (Å²) < 4.78 is 5.72. The zero-order chi connectivity index (χ0) is 14.7. The van der Waals surface area contributed by atoms with E-state index in [-0.39, 0.29) is 17.4 Å². The number of aromatic carboxylic acids is 1. The van der Waals surface area contributed by atoms with Gasteiger partial charge in [0, 0.05) is 6.07 Å². The Morgan fingerprint density at radius 1 is 1.45 bits per heavy atom. The predicted octanol–water partition coefficient (Wildman–Crippen LogP) is 3.25. The van der Waals surface area contributed by atoms with Gasteiger partial charge in [0.25, 0.3) is 5.69 Å². The molecule has 6 nitrogen and oxygen atoms in total. The quantitative estimate of drug-likeness (QED) is 0.675. The lowest BCUT2D eigenvalue weighted by Crippen LogP contribution is -2.25. The van der Waals surface area contributed by atoms with Gasteiger partial charge in [0.05, 0.1) is 11.0 Å². The molecule has 0 aliphatic heterocycles. The summed E-state index contributed by atoms with van der Waals surface area (Å²) in [6.45, 7) is 2.13.